The lowest BCUT2D eigenvalue weighted by molar-refractivity contribution is 0.100. The molecular weight excluding hydrogens is 385 g/mol. The quantitative estimate of drug-likeness (QED) is 0.550. The van der Waals surface area contributed by atoms with Gasteiger partial charge in [0.25, 0.3) is 0 Å². The molecule has 2 rings (SSSR count). The number of rotatable bonds is 3. The van der Waals surface area contributed by atoms with Gasteiger partial charge in [0, 0.05) is 20.5 Å². The number of amides is 1. The Labute approximate surface area is 135 Å². The topological polar surface area (TPSA) is 67.2 Å². The molecule has 6 heteroatoms. The Kier molecular flexibility index (Phi) is 4.91. The fourth-order valence-corrected chi connectivity index (χ4v) is 2.36. The normalized spacial score (nSPS) is 9.85. The minimum atomic E-state index is -0.448. The summed E-state index contributed by atoms with van der Waals surface area (Å²) in [5.74, 6) is -0.448. The number of anilines is 2. The molecular formula is C14H12IN3OS. The van der Waals surface area contributed by atoms with Crippen molar-refractivity contribution in [3.63, 3.8) is 0 Å². The number of thiocarbonyl (C=S) groups is 1. The molecule has 2 aromatic rings. The second kappa shape index (κ2) is 6.67. The van der Waals surface area contributed by atoms with Gasteiger partial charge in [0.2, 0.25) is 5.91 Å². The Morgan fingerprint density at radius 3 is 2.30 bits per heavy atom. The lowest BCUT2D eigenvalue weighted by atomic mass is 10.2. The minimum absolute atomic E-state index is 0.448. The average Bonchev–Trinajstić information content (AvgIpc) is 2.39. The van der Waals surface area contributed by atoms with Gasteiger partial charge >= 0.3 is 0 Å². The standard InChI is InChI=1S/C14H12IN3OS/c15-10-2-1-3-12(8-10)18-14(20)17-11-6-4-9(5-7-11)13(16)19/h1-8H,(H2,16,19)(H2,17,18,20). The van der Waals surface area contributed by atoms with Gasteiger partial charge in [0.1, 0.15) is 0 Å². The van der Waals surface area contributed by atoms with Crippen LogP contribution in [0.2, 0.25) is 0 Å². The maximum absolute atomic E-state index is 11.0. The molecule has 1 amide bonds. The van der Waals surface area contributed by atoms with Gasteiger partial charge in [0.15, 0.2) is 5.11 Å². The van der Waals surface area contributed by atoms with Crippen LogP contribution in [0.5, 0.6) is 0 Å². The van der Waals surface area contributed by atoms with E-state index in [1.54, 1.807) is 24.3 Å². The third-order valence-corrected chi connectivity index (χ3v) is 3.38. The maximum atomic E-state index is 11.0. The largest absolute Gasteiger partial charge is 0.366 e. The molecule has 0 spiro atoms. The van der Waals surface area contributed by atoms with Crippen molar-refractivity contribution < 1.29 is 4.79 Å². The first kappa shape index (κ1) is 14.7. The second-order valence-corrected chi connectivity index (χ2v) is 5.68. The number of hydrogen-bond donors (Lipinski definition) is 3. The number of hydrogen-bond acceptors (Lipinski definition) is 2. The van der Waals surface area contributed by atoms with E-state index < -0.39 is 5.91 Å². The molecule has 2 aromatic carbocycles. The van der Waals surface area contributed by atoms with Gasteiger partial charge < -0.3 is 16.4 Å². The zero-order valence-electron chi connectivity index (χ0n) is 10.4. The zero-order valence-corrected chi connectivity index (χ0v) is 13.4. The Morgan fingerprint density at radius 2 is 1.70 bits per heavy atom. The molecule has 0 aliphatic carbocycles. The van der Waals surface area contributed by atoms with E-state index in [0.717, 1.165) is 14.9 Å². The van der Waals surface area contributed by atoms with Crippen LogP contribution in [0.15, 0.2) is 48.5 Å². The molecule has 0 atom stereocenters. The third-order valence-electron chi connectivity index (χ3n) is 2.51. The van der Waals surface area contributed by atoms with Gasteiger partial charge in [-0.3, -0.25) is 4.79 Å². The zero-order chi connectivity index (χ0) is 14.5. The molecule has 20 heavy (non-hydrogen) atoms. The van der Waals surface area contributed by atoms with Crippen molar-refractivity contribution in [1.29, 1.82) is 0 Å². The SMILES string of the molecule is NC(=O)c1ccc(NC(=S)Nc2cccc(I)c2)cc1. The van der Waals surface area contributed by atoms with E-state index in [1.165, 1.54) is 0 Å². The predicted molar refractivity (Wildman–Crippen MR) is 94.0 cm³/mol. The molecule has 0 unspecified atom stereocenters. The van der Waals surface area contributed by atoms with Gasteiger partial charge in [-0.2, -0.15) is 0 Å². The Bertz CT molecular complexity index is 643. The van der Waals surface area contributed by atoms with Crippen molar-refractivity contribution in [1.82, 2.24) is 0 Å². The first-order chi connectivity index (χ1) is 9.54. The maximum Gasteiger partial charge on any atom is 0.248 e. The molecule has 0 radical (unpaired) electrons. The molecule has 0 saturated carbocycles. The number of nitrogens with two attached hydrogens (primary N) is 1. The van der Waals surface area contributed by atoms with Crippen molar-refractivity contribution in [2.75, 3.05) is 10.6 Å². The van der Waals surface area contributed by atoms with Gasteiger partial charge in [0.05, 0.1) is 0 Å². The summed E-state index contributed by atoms with van der Waals surface area (Å²) < 4.78 is 1.13. The second-order valence-electron chi connectivity index (χ2n) is 4.03. The molecule has 0 saturated heterocycles. The van der Waals surface area contributed by atoms with Gasteiger partial charge in [-0.25, -0.2) is 0 Å². The highest BCUT2D eigenvalue weighted by molar-refractivity contribution is 14.1. The van der Waals surface area contributed by atoms with E-state index in [4.69, 9.17) is 18.0 Å². The Hall–Kier alpha value is -1.67. The number of carbonyl (C=O) groups is 1. The van der Waals surface area contributed by atoms with Crippen LogP contribution in [0, 0.1) is 3.57 Å². The van der Waals surface area contributed by atoms with Crippen LogP contribution >= 0.6 is 34.8 Å². The Morgan fingerprint density at radius 1 is 1.05 bits per heavy atom. The van der Waals surface area contributed by atoms with Crippen LogP contribution in [0.3, 0.4) is 0 Å². The van der Waals surface area contributed by atoms with E-state index >= 15 is 0 Å². The molecule has 0 bridgehead atoms. The molecule has 4 N–H and O–H groups in total. The molecule has 102 valence electrons. The van der Waals surface area contributed by atoms with Gasteiger partial charge in [-0.1, -0.05) is 6.07 Å². The third kappa shape index (κ3) is 4.17. The molecule has 0 fully saturated rings. The lowest BCUT2D eigenvalue weighted by Gasteiger charge is -2.11. The summed E-state index contributed by atoms with van der Waals surface area (Å²) in [5, 5.41) is 6.62. The summed E-state index contributed by atoms with van der Waals surface area (Å²) in [6.45, 7) is 0. The summed E-state index contributed by atoms with van der Waals surface area (Å²) in [7, 11) is 0. The monoisotopic (exact) mass is 397 g/mol. The van der Waals surface area contributed by atoms with Crippen LogP contribution in [0.4, 0.5) is 11.4 Å². The van der Waals surface area contributed by atoms with Crippen LogP contribution in [0.25, 0.3) is 0 Å². The van der Waals surface area contributed by atoms with Crippen LogP contribution < -0.4 is 16.4 Å². The van der Waals surface area contributed by atoms with Crippen LogP contribution in [-0.4, -0.2) is 11.0 Å². The van der Waals surface area contributed by atoms with E-state index in [-0.39, 0.29) is 0 Å². The van der Waals surface area contributed by atoms with Crippen molar-refractivity contribution in [3.8, 4) is 0 Å². The number of carbonyl (C=O) groups excluding carboxylic acids is 1. The Balaban J connectivity index is 1.99. The smallest absolute Gasteiger partial charge is 0.248 e. The molecule has 4 nitrogen and oxygen atoms in total. The molecule has 0 heterocycles. The van der Waals surface area contributed by atoms with Gasteiger partial charge in [-0.05, 0) is 77.3 Å². The number of primary amides is 1. The van der Waals surface area contributed by atoms with Crippen molar-refractivity contribution in [3.05, 3.63) is 57.7 Å². The number of nitrogens with one attached hydrogen (secondary N) is 2. The predicted octanol–water partition coefficient (Wildman–Crippen LogP) is 3.20. The molecule has 0 aliphatic heterocycles. The fraction of sp³-hybridized carbons (Fsp3) is 0. The van der Waals surface area contributed by atoms with Crippen LogP contribution in [-0.2, 0) is 0 Å². The average molecular weight is 397 g/mol. The highest BCUT2D eigenvalue weighted by atomic mass is 127. The number of halogens is 1. The van der Waals surface area contributed by atoms with Crippen molar-refractivity contribution in [2.45, 2.75) is 0 Å². The highest BCUT2D eigenvalue weighted by Gasteiger charge is 2.02. The minimum Gasteiger partial charge on any atom is -0.366 e. The van der Waals surface area contributed by atoms with E-state index in [2.05, 4.69) is 33.2 Å². The molecule has 0 aliphatic rings. The van der Waals surface area contributed by atoms with Crippen molar-refractivity contribution >= 4 is 57.2 Å². The van der Waals surface area contributed by atoms with E-state index in [9.17, 15) is 4.79 Å². The summed E-state index contributed by atoms with van der Waals surface area (Å²) >= 11 is 7.47. The van der Waals surface area contributed by atoms with Gasteiger partial charge in [-0.15, -0.1) is 0 Å². The summed E-state index contributed by atoms with van der Waals surface area (Å²) in [6, 6.07) is 14.7. The van der Waals surface area contributed by atoms with Crippen LogP contribution in [0.1, 0.15) is 10.4 Å². The fourth-order valence-electron chi connectivity index (χ4n) is 1.58. The van der Waals surface area contributed by atoms with Crippen molar-refractivity contribution in [2.24, 2.45) is 5.73 Å². The first-order valence-electron chi connectivity index (χ1n) is 5.78. The number of benzene rings is 2. The summed E-state index contributed by atoms with van der Waals surface area (Å²) in [4.78, 5) is 11.0. The summed E-state index contributed by atoms with van der Waals surface area (Å²) in [5.41, 5.74) is 7.36. The highest BCUT2D eigenvalue weighted by Crippen LogP contribution is 2.14. The molecule has 0 aromatic heterocycles. The first-order valence-corrected chi connectivity index (χ1v) is 7.27. The van der Waals surface area contributed by atoms with E-state index in [1.807, 2.05) is 24.3 Å². The van der Waals surface area contributed by atoms with E-state index in [0.29, 0.717) is 10.7 Å². The lowest BCUT2D eigenvalue weighted by Crippen LogP contribution is -2.19. The summed E-state index contributed by atoms with van der Waals surface area (Å²) in [6.07, 6.45) is 0.